The van der Waals surface area contributed by atoms with Gasteiger partial charge in [0, 0.05) is 0 Å². The normalized spacial score (nSPS) is 24.4. The summed E-state index contributed by atoms with van der Waals surface area (Å²) < 4.78 is 111. The van der Waals surface area contributed by atoms with Crippen LogP contribution in [-0.4, -0.2) is 23.7 Å². The van der Waals surface area contributed by atoms with Gasteiger partial charge in [-0.2, -0.15) is 35.1 Å². The first kappa shape index (κ1) is 17.8. The van der Waals surface area contributed by atoms with E-state index >= 15 is 0 Å². The van der Waals surface area contributed by atoms with Crippen molar-refractivity contribution in [2.24, 2.45) is 0 Å². The molecule has 10 heteroatoms. The SMILES string of the molecule is FC1(F)C(Cl)=C(OCc2ccccc2)C(F)(F)C(F)(F)C1(F)F. The largest absolute Gasteiger partial charge is 0.485 e. The first-order chi connectivity index (χ1) is 10.4. The molecule has 0 aromatic heterocycles. The molecular formula is C13H7ClF8O. The highest BCUT2D eigenvalue weighted by atomic mass is 35.5. The van der Waals surface area contributed by atoms with E-state index in [-0.39, 0.29) is 5.56 Å². The Kier molecular flexibility index (Phi) is 4.07. The van der Waals surface area contributed by atoms with E-state index in [1.165, 1.54) is 30.3 Å². The standard InChI is InChI=1S/C13H7ClF8O/c14-8-9(23-6-7-4-2-1-3-5-7)11(17,18)13(21,22)12(19,20)10(8,15)16/h1-5H,6H2. The van der Waals surface area contributed by atoms with E-state index in [9.17, 15) is 35.1 Å². The lowest BCUT2D eigenvalue weighted by Crippen LogP contribution is -2.66. The molecule has 0 atom stereocenters. The molecule has 0 amide bonds. The van der Waals surface area contributed by atoms with E-state index < -0.39 is 41.1 Å². The van der Waals surface area contributed by atoms with Gasteiger partial charge in [-0.3, -0.25) is 0 Å². The zero-order valence-electron chi connectivity index (χ0n) is 10.9. The summed E-state index contributed by atoms with van der Waals surface area (Å²) in [5.74, 6) is -26.5. The van der Waals surface area contributed by atoms with E-state index in [4.69, 9.17) is 11.6 Å². The maximum Gasteiger partial charge on any atom is 0.386 e. The van der Waals surface area contributed by atoms with Crippen LogP contribution in [0.15, 0.2) is 41.1 Å². The minimum absolute atomic E-state index is 0.157. The molecule has 0 radical (unpaired) electrons. The lowest BCUT2D eigenvalue weighted by atomic mass is 9.90. The van der Waals surface area contributed by atoms with Crippen LogP contribution >= 0.6 is 11.6 Å². The Bertz CT molecular complexity index is 626. The van der Waals surface area contributed by atoms with E-state index in [0.717, 1.165) is 0 Å². The van der Waals surface area contributed by atoms with Crippen LogP contribution in [0, 0.1) is 0 Å². The van der Waals surface area contributed by atoms with Crippen LogP contribution < -0.4 is 0 Å². The van der Waals surface area contributed by atoms with Crippen LogP contribution in [0.5, 0.6) is 0 Å². The predicted molar refractivity (Wildman–Crippen MR) is 63.9 cm³/mol. The van der Waals surface area contributed by atoms with Gasteiger partial charge in [-0.15, -0.1) is 0 Å². The van der Waals surface area contributed by atoms with Crippen molar-refractivity contribution in [2.45, 2.75) is 30.3 Å². The van der Waals surface area contributed by atoms with Gasteiger partial charge in [-0.25, -0.2) is 0 Å². The number of alkyl halides is 8. The van der Waals surface area contributed by atoms with E-state index in [1.54, 1.807) is 0 Å². The van der Waals surface area contributed by atoms with Gasteiger partial charge >= 0.3 is 23.7 Å². The van der Waals surface area contributed by atoms with Gasteiger partial charge in [0.05, 0.1) is 0 Å². The summed E-state index contributed by atoms with van der Waals surface area (Å²) in [5.41, 5.74) is 0.157. The number of halogens is 9. The van der Waals surface area contributed by atoms with Gasteiger partial charge in [0.25, 0.3) is 0 Å². The predicted octanol–water partition coefficient (Wildman–Crippen LogP) is 5.21. The number of benzene rings is 1. The number of hydrogen-bond acceptors (Lipinski definition) is 1. The Morgan fingerprint density at radius 2 is 1.26 bits per heavy atom. The molecule has 0 heterocycles. The topological polar surface area (TPSA) is 9.23 Å². The zero-order chi connectivity index (χ0) is 17.7. The third-order valence-electron chi connectivity index (χ3n) is 3.17. The Hall–Kier alpha value is -1.51. The second-order valence-electron chi connectivity index (χ2n) is 4.71. The maximum absolute atomic E-state index is 13.6. The molecule has 1 aliphatic carbocycles. The Morgan fingerprint density at radius 1 is 0.783 bits per heavy atom. The van der Waals surface area contributed by atoms with Gasteiger partial charge in [-0.1, -0.05) is 41.9 Å². The molecule has 1 aromatic rings. The molecule has 1 aromatic carbocycles. The Labute approximate surface area is 129 Å². The van der Waals surface area contributed by atoms with Crippen molar-refractivity contribution in [2.75, 3.05) is 0 Å². The molecular weight excluding hydrogens is 360 g/mol. The molecule has 0 fully saturated rings. The molecule has 0 spiro atoms. The highest BCUT2D eigenvalue weighted by Crippen LogP contribution is 2.62. The molecule has 0 saturated carbocycles. The van der Waals surface area contributed by atoms with E-state index in [1.807, 2.05) is 0 Å². The summed E-state index contributed by atoms with van der Waals surface area (Å²) in [6, 6.07) is 7.05. The molecule has 0 unspecified atom stereocenters. The summed E-state index contributed by atoms with van der Waals surface area (Å²) in [6.07, 6.45) is 0. The molecule has 128 valence electrons. The smallest absolute Gasteiger partial charge is 0.386 e. The minimum Gasteiger partial charge on any atom is -0.485 e. The maximum atomic E-state index is 13.6. The molecule has 0 N–H and O–H groups in total. The van der Waals surface area contributed by atoms with Gasteiger partial charge in [0.15, 0.2) is 5.76 Å². The third-order valence-corrected chi connectivity index (χ3v) is 3.58. The van der Waals surface area contributed by atoms with Crippen molar-refractivity contribution in [1.82, 2.24) is 0 Å². The summed E-state index contributed by atoms with van der Waals surface area (Å²) in [7, 11) is 0. The number of ether oxygens (including phenoxy) is 1. The fourth-order valence-electron chi connectivity index (χ4n) is 1.84. The Balaban J connectivity index is 2.47. The summed E-state index contributed by atoms with van der Waals surface area (Å²) in [5, 5.41) is -2.45. The zero-order valence-corrected chi connectivity index (χ0v) is 11.7. The van der Waals surface area contributed by atoms with Crippen LogP contribution in [-0.2, 0) is 11.3 Å². The number of allylic oxidation sites excluding steroid dienone is 2. The lowest BCUT2D eigenvalue weighted by molar-refractivity contribution is -0.365. The highest BCUT2D eigenvalue weighted by Gasteiger charge is 2.86. The van der Waals surface area contributed by atoms with Crippen molar-refractivity contribution >= 4 is 11.6 Å². The molecule has 0 saturated heterocycles. The van der Waals surface area contributed by atoms with Crippen LogP contribution in [0.2, 0.25) is 0 Å². The van der Waals surface area contributed by atoms with Gasteiger partial charge < -0.3 is 4.74 Å². The fraction of sp³-hybridized carbons (Fsp3) is 0.385. The molecule has 2 rings (SSSR count). The second kappa shape index (κ2) is 5.25. The quantitative estimate of drug-likeness (QED) is 0.667. The summed E-state index contributed by atoms with van der Waals surface area (Å²) >= 11 is 4.85. The van der Waals surface area contributed by atoms with Gasteiger partial charge in [0.2, 0.25) is 0 Å². The van der Waals surface area contributed by atoms with Crippen molar-refractivity contribution in [3.8, 4) is 0 Å². The van der Waals surface area contributed by atoms with Crippen molar-refractivity contribution in [1.29, 1.82) is 0 Å². The lowest BCUT2D eigenvalue weighted by Gasteiger charge is -2.41. The van der Waals surface area contributed by atoms with Crippen LogP contribution in [0.25, 0.3) is 0 Å². The summed E-state index contributed by atoms with van der Waals surface area (Å²) in [6.45, 7) is -0.834. The van der Waals surface area contributed by atoms with E-state index in [2.05, 4.69) is 4.74 Å². The molecule has 0 aliphatic heterocycles. The van der Waals surface area contributed by atoms with Crippen LogP contribution in [0.4, 0.5) is 35.1 Å². The number of rotatable bonds is 3. The van der Waals surface area contributed by atoms with Crippen molar-refractivity contribution in [3.05, 3.63) is 46.7 Å². The van der Waals surface area contributed by atoms with Crippen molar-refractivity contribution < 1.29 is 39.9 Å². The minimum atomic E-state index is -6.38. The average molecular weight is 367 g/mol. The monoisotopic (exact) mass is 366 g/mol. The first-order valence-corrected chi connectivity index (χ1v) is 6.34. The Morgan fingerprint density at radius 3 is 1.78 bits per heavy atom. The number of hydrogen-bond donors (Lipinski definition) is 0. The average Bonchev–Trinajstić information content (AvgIpc) is 2.46. The summed E-state index contributed by atoms with van der Waals surface area (Å²) in [4.78, 5) is 0. The molecule has 1 nitrogen and oxygen atoms in total. The molecule has 0 bridgehead atoms. The molecule has 1 aliphatic rings. The third kappa shape index (κ3) is 2.36. The van der Waals surface area contributed by atoms with Crippen molar-refractivity contribution in [3.63, 3.8) is 0 Å². The first-order valence-electron chi connectivity index (χ1n) is 5.96. The van der Waals surface area contributed by atoms with Crippen LogP contribution in [0.1, 0.15) is 5.56 Å². The van der Waals surface area contributed by atoms with Crippen LogP contribution in [0.3, 0.4) is 0 Å². The van der Waals surface area contributed by atoms with Gasteiger partial charge in [0.1, 0.15) is 11.6 Å². The highest BCUT2D eigenvalue weighted by molar-refractivity contribution is 6.31. The molecule has 23 heavy (non-hydrogen) atoms. The van der Waals surface area contributed by atoms with Gasteiger partial charge in [-0.05, 0) is 5.56 Å². The fourth-order valence-corrected chi connectivity index (χ4v) is 2.13. The second-order valence-corrected chi connectivity index (χ2v) is 5.09. The van der Waals surface area contributed by atoms with E-state index in [0.29, 0.717) is 0 Å².